The number of rotatable bonds is 4. The number of halogens is 1. The Morgan fingerprint density at radius 3 is 2.84 bits per heavy atom. The Balaban J connectivity index is 1.60. The van der Waals surface area contributed by atoms with Gasteiger partial charge in [-0.3, -0.25) is 9.47 Å². The number of fused-ring (bicyclic) bond motifs is 6. The van der Waals surface area contributed by atoms with Crippen molar-refractivity contribution in [2.24, 2.45) is 0 Å². The average molecular weight is 482 g/mol. The molecule has 0 bridgehead atoms. The van der Waals surface area contributed by atoms with E-state index < -0.39 is 5.72 Å². The van der Waals surface area contributed by atoms with Crippen molar-refractivity contribution in [1.29, 1.82) is 0 Å². The smallest absolute Gasteiger partial charge is 0.338 e. The second-order valence-corrected chi connectivity index (χ2v) is 8.88. The fraction of sp³-hybridized carbons (Fsp3) is 0.318. The number of hydroxylamine groups is 1. The lowest BCUT2D eigenvalue weighted by Crippen LogP contribution is -2.41. The Hall–Kier alpha value is -2.75. The number of carbonyl (C=O) groups is 1. The van der Waals surface area contributed by atoms with Crippen LogP contribution in [0, 0.1) is 0 Å². The summed E-state index contributed by atoms with van der Waals surface area (Å²) in [4.78, 5) is 21.5. The zero-order chi connectivity index (χ0) is 21.2. The van der Waals surface area contributed by atoms with Crippen LogP contribution in [0.15, 0.2) is 53.3 Å². The van der Waals surface area contributed by atoms with E-state index in [0.717, 1.165) is 47.2 Å². The minimum Gasteiger partial charge on any atom is -0.465 e. The third kappa shape index (κ3) is 2.63. The molecule has 0 amide bonds. The summed E-state index contributed by atoms with van der Waals surface area (Å²) in [5, 5.41) is 10.3. The summed E-state index contributed by atoms with van der Waals surface area (Å²) in [5.41, 5.74) is 2.60. The molecule has 0 aliphatic carbocycles. The van der Waals surface area contributed by atoms with E-state index in [1.54, 1.807) is 6.33 Å². The summed E-state index contributed by atoms with van der Waals surface area (Å²) >= 11 is 3.63. The number of aromatic nitrogens is 3. The van der Waals surface area contributed by atoms with Crippen LogP contribution in [-0.2, 0) is 15.3 Å². The molecule has 6 rings (SSSR count). The summed E-state index contributed by atoms with van der Waals surface area (Å²) in [5.74, 6) is 0.284. The monoisotopic (exact) mass is 481 g/mol. The number of ether oxygens (including phenoxy) is 1. The molecule has 2 fully saturated rings. The normalized spacial score (nSPS) is 22.5. The van der Waals surface area contributed by atoms with Crippen LogP contribution < -0.4 is 5.06 Å². The molecule has 9 heteroatoms. The molecule has 3 aliphatic rings. The maximum absolute atomic E-state index is 12.7. The van der Waals surface area contributed by atoms with Gasteiger partial charge in [0.2, 0.25) is 5.72 Å². The highest BCUT2D eigenvalue weighted by Gasteiger charge is 2.69. The van der Waals surface area contributed by atoms with E-state index in [1.165, 1.54) is 7.11 Å². The van der Waals surface area contributed by atoms with Gasteiger partial charge in [0.05, 0.1) is 24.4 Å². The zero-order valence-electron chi connectivity index (χ0n) is 16.9. The van der Waals surface area contributed by atoms with Gasteiger partial charge in [0, 0.05) is 10.0 Å². The molecule has 0 N–H and O–H groups in total. The highest BCUT2D eigenvalue weighted by atomic mass is 79.9. The summed E-state index contributed by atoms with van der Waals surface area (Å²) in [6, 6.07) is 13.6. The van der Waals surface area contributed by atoms with Gasteiger partial charge in [-0.1, -0.05) is 34.1 Å². The fourth-order valence-electron chi connectivity index (χ4n) is 5.00. The van der Waals surface area contributed by atoms with Crippen molar-refractivity contribution in [2.45, 2.75) is 24.6 Å². The van der Waals surface area contributed by atoms with Crippen molar-refractivity contribution in [3.05, 3.63) is 70.0 Å². The van der Waals surface area contributed by atoms with E-state index in [1.807, 2.05) is 46.0 Å². The minimum atomic E-state index is -0.809. The lowest BCUT2D eigenvalue weighted by molar-refractivity contribution is 0.0592. The van der Waals surface area contributed by atoms with Gasteiger partial charge < -0.3 is 4.74 Å². The molecule has 2 saturated heterocycles. The number of methoxy groups -OCH3 is 1. The van der Waals surface area contributed by atoms with E-state index in [9.17, 15) is 4.79 Å². The maximum Gasteiger partial charge on any atom is 0.338 e. The van der Waals surface area contributed by atoms with Crippen LogP contribution in [0.2, 0.25) is 0 Å². The molecule has 8 nitrogen and oxygen atoms in total. The van der Waals surface area contributed by atoms with E-state index in [2.05, 4.69) is 37.1 Å². The van der Waals surface area contributed by atoms with Crippen LogP contribution in [0.5, 0.6) is 0 Å². The summed E-state index contributed by atoms with van der Waals surface area (Å²) in [7, 11) is 1.41. The highest BCUT2D eigenvalue weighted by molar-refractivity contribution is 9.10. The molecule has 4 heterocycles. The van der Waals surface area contributed by atoms with Crippen LogP contribution >= 0.6 is 15.9 Å². The lowest BCUT2D eigenvalue weighted by atomic mass is 9.86. The molecule has 2 unspecified atom stereocenters. The Morgan fingerprint density at radius 2 is 2.03 bits per heavy atom. The first-order chi connectivity index (χ1) is 15.1. The SMILES string of the molecule is COC(=O)c1ccccc1C(N1CCCC1)C12ON1c1nncn1-c1ccc(Br)cc12. The standard InChI is InChI=1S/C22H20BrN5O3/c1-30-20(29)16-7-3-2-6-15(16)19(26-10-4-5-11-26)22-17-12-14(23)8-9-18(17)27-13-24-25-21(27)28(22)31-22/h2-3,6-9,12-13,19H,4-5,10-11H2,1H3. The number of benzene rings is 2. The molecule has 1 aromatic heterocycles. The van der Waals surface area contributed by atoms with Crippen molar-refractivity contribution in [1.82, 2.24) is 19.7 Å². The van der Waals surface area contributed by atoms with Gasteiger partial charge in [0.15, 0.2) is 0 Å². The van der Waals surface area contributed by atoms with Gasteiger partial charge in [-0.25, -0.2) is 9.63 Å². The summed E-state index contributed by atoms with van der Waals surface area (Å²) in [6.07, 6.45) is 3.91. The highest BCUT2D eigenvalue weighted by Crippen LogP contribution is 2.62. The third-order valence-electron chi connectivity index (χ3n) is 6.35. The number of hydrogen-bond donors (Lipinski definition) is 0. The molecular formula is C22H20BrN5O3. The van der Waals surface area contributed by atoms with Crippen molar-refractivity contribution in [2.75, 3.05) is 25.3 Å². The van der Waals surface area contributed by atoms with Gasteiger partial charge in [-0.15, -0.1) is 10.2 Å². The maximum atomic E-state index is 12.7. The molecule has 158 valence electrons. The van der Waals surface area contributed by atoms with Gasteiger partial charge in [-0.2, -0.15) is 5.06 Å². The first-order valence-electron chi connectivity index (χ1n) is 10.3. The quantitative estimate of drug-likeness (QED) is 0.416. The fourth-order valence-corrected chi connectivity index (χ4v) is 5.36. The topological polar surface area (TPSA) is 75.8 Å². The Labute approximate surface area is 187 Å². The number of hydrogen-bond acceptors (Lipinski definition) is 7. The van der Waals surface area contributed by atoms with Crippen molar-refractivity contribution < 1.29 is 14.4 Å². The largest absolute Gasteiger partial charge is 0.465 e. The van der Waals surface area contributed by atoms with Crippen molar-refractivity contribution >= 4 is 27.8 Å². The second-order valence-electron chi connectivity index (χ2n) is 7.97. The molecule has 2 aromatic carbocycles. The number of likely N-dealkylation sites (tertiary alicyclic amines) is 1. The van der Waals surface area contributed by atoms with Crippen LogP contribution in [0.25, 0.3) is 5.69 Å². The van der Waals surface area contributed by atoms with Crippen molar-refractivity contribution in [3.63, 3.8) is 0 Å². The van der Waals surface area contributed by atoms with Crippen LogP contribution in [0.1, 0.15) is 40.4 Å². The number of nitrogens with zero attached hydrogens (tertiary/aromatic N) is 5. The molecule has 3 aromatic rings. The molecule has 3 aliphatic heterocycles. The van der Waals surface area contributed by atoms with E-state index >= 15 is 0 Å². The molecule has 31 heavy (non-hydrogen) atoms. The van der Waals surface area contributed by atoms with Crippen LogP contribution in [0.3, 0.4) is 0 Å². The first kappa shape index (κ1) is 19.0. The van der Waals surface area contributed by atoms with Gasteiger partial charge in [0.25, 0.3) is 5.95 Å². The van der Waals surface area contributed by atoms with Gasteiger partial charge in [0.1, 0.15) is 6.33 Å². The Morgan fingerprint density at radius 1 is 1.23 bits per heavy atom. The Bertz CT molecular complexity index is 1190. The average Bonchev–Trinajstić information content (AvgIpc) is 3.13. The van der Waals surface area contributed by atoms with E-state index in [0.29, 0.717) is 11.5 Å². The van der Waals surface area contributed by atoms with Crippen LogP contribution in [0.4, 0.5) is 5.95 Å². The number of esters is 1. The van der Waals surface area contributed by atoms with E-state index in [4.69, 9.17) is 9.57 Å². The van der Waals surface area contributed by atoms with E-state index in [-0.39, 0.29) is 12.0 Å². The van der Waals surface area contributed by atoms with Gasteiger partial charge in [-0.05, 0) is 55.8 Å². The summed E-state index contributed by atoms with van der Waals surface area (Å²) in [6.45, 7) is 1.85. The zero-order valence-corrected chi connectivity index (χ0v) is 18.4. The van der Waals surface area contributed by atoms with Crippen molar-refractivity contribution in [3.8, 4) is 5.69 Å². The first-order valence-corrected chi connectivity index (χ1v) is 11.1. The van der Waals surface area contributed by atoms with Crippen LogP contribution in [-0.4, -0.2) is 45.8 Å². The predicted molar refractivity (Wildman–Crippen MR) is 116 cm³/mol. The second kappa shape index (κ2) is 6.88. The molecule has 0 spiro atoms. The molecular weight excluding hydrogens is 462 g/mol. The molecule has 0 radical (unpaired) electrons. The number of anilines is 1. The molecule has 2 atom stereocenters. The van der Waals surface area contributed by atoms with Gasteiger partial charge >= 0.3 is 5.97 Å². The lowest BCUT2D eigenvalue weighted by Gasteiger charge is -2.35. The minimum absolute atomic E-state index is 0.219. The predicted octanol–water partition coefficient (Wildman–Crippen LogP) is 3.57. The number of carbonyl (C=O) groups excluding carboxylic acids is 1. The Kier molecular flexibility index (Phi) is 4.21. The third-order valence-corrected chi connectivity index (χ3v) is 6.85. The molecule has 0 saturated carbocycles. The summed E-state index contributed by atoms with van der Waals surface area (Å²) < 4.78 is 8.00.